The first-order valence-corrected chi connectivity index (χ1v) is 14.4. The maximum atomic E-state index is 14.1. The van der Waals surface area contributed by atoms with E-state index in [1.54, 1.807) is 0 Å². The Morgan fingerprint density at radius 3 is 2.54 bits per heavy atom. The van der Waals surface area contributed by atoms with E-state index in [-0.39, 0.29) is 11.2 Å². The zero-order valence-electron chi connectivity index (χ0n) is 22.9. The van der Waals surface area contributed by atoms with Crippen LogP contribution in [0.15, 0.2) is 30.3 Å². The van der Waals surface area contributed by atoms with Crippen molar-refractivity contribution in [1.82, 2.24) is 9.88 Å². The molecule has 2 aliphatic carbocycles. The van der Waals surface area contributed by atoms with Crippen LogP contribution in [0.2, 0.25) is 0 Å². The van der Waals surface area contributed by atoms with E-state index in [0.717, 1.165) is 89.5 Å². The van der Waals surface area contributed by atoms with E-state index in [9.17, 15) is 4.79 Å². The van der Waals surface area contributed by atoms with Crippen LogP contribution in [0.4, 0.5) is 5.69 Å². The average molecular weight is 521 g/mol. The van der Waals surface area contributed by atoms with Gasteiger partial charge in [-0.25, -0.2) is 0 Å². The van der Waals surface area contributed by atoms with E-state index in [2.05, 4.69) is 52.6 Å². The second kappa shape index (κ2) is 9.36. The second-order valence-corrected chi connectivity index (χ2v) is 12.2. The molecule has 2 saturated heterocycles. The molecule has 1 aromatic heterocycles. The lowest BCUT2D eigenvalue weighted by molar-refractivity contribution is -0.0660. The number of rotatable bonds is 3. The van der Waals surface area contributed by atoms with Crippen molar-refractivity contribution < 1.29 is 9.53 Å². The number of anilines is 1. The van der Waals surface area contributed by atoms with Gasteiger partial charge < -0.3 is 20.0 Å². The van der Waals surface area contributed by atoms with Gasteiger partial charge in [0.2, 0.25) is 0 Å². The van der Waals surface area contributed by atoms with Crippen molar-refractivity contribution in [3.8, 4) is 11.8 Å². The summed E-state index contributed by atoms with van der Waals surface area (Å²) in [5, 5.41) is 8.60. The summed E-state index contributed by atoms with van der Waals surface area (Å²) in [6, 6.07) is 10.8. The fourth-order valence-electron chi connectivity index (χ4n) is 6.95. The molecular formula is C33H36N4O2. The van der Waals surface area contributed by atoms with Gasteiger partial charge in [-0.15, -0.1) is 0 Å². The molecule has 0 bridgehead atoms. The summed E-state index contributed by atoms with van der Waals surface area (Å²) in [5.41, 5.74) is 7.07. The third-order valence-corrected chi connectivity index (χ3v) is 9.45. The fourth-order valence-corrected chi connectivity index (χ4v) is 6.95. The van der Waals surface area contributed by atoms with Crippen molar-refractivity contribution in [1.29, 1.82) is 5.41 Å². The lowest BCUT2D eigenvalue weighted by Crippen LogP contribution is -2.56. The quantitative estimate of drug-likeness (QED) is 0.372. The van der Waals surface area contributed by atoms with Gasteiger partial charge in [-0.2, -0.15) is 0 Å². The van der Waals surface area contributed by atoms with Crippen molar-refractivity contribution in [2.75, 3.05) is 44.3 Å². The highest BCUT2D eigenvalue weighted by Gasteiger charge is 2.41. The Morgan fingerprint density at radius 1 is 1.08 bits per heavy atom. The predicted octanol–water partition coefficient (Wildman–Crippen LogP) is 5.10. The number of benzene rings is 2. The largest absolute Gasteiger partial charge is 0.378 e. The molecule has 2 N–H and O–H groups in total. The number of H-pyrrole nitrogens is 1. The molecule has 0 atom stereocenters. The standard InChI is InChI=1S/C33H36N4O2/c1-33(2)27-17-29(37-13-11-36(12-14-37)24-19-39-20-24)23(9-7-21-5-3-4-6-21)16-26(27)31(38)30-25-10-8-22(18-34)15-28(25)35-32(30)33/h8,10,15-18,21,24,34-35H,3-6,11-14,19-20H2,1-2H3. The molecule has 0 unspecified atom stereocenters. The number of piperazine rings is 1. The van der Waals surface area contributed by atoms with Crippen LogP contribution in [0.3, 0.4) is 0 Å². The van der Waals surface area contributed by atoms with Crippen LogP contribution in [0.25, 0.3) is 10.9 Å². The highest BCUT2D eigenvalue weighted by Crippen LogP contribution is 2.45. The Morgan fingerprint density at radius 2 is 1.85 bits per heavy atom. The maximum Gasteiger partial charge on any atom is 0.195 e. The SMILES string of the molecule is CC1(C)c2cc(N3CCN(C4COC4)CC3)c(C#CC3CCCC3)cc2C(=O)c2c1[nH]c1cc(C=N)ccc21. The molecule has 6 heteroatoms. The number of carbonyl (C=O) groups is 1. The molecule has 3 fully saturated rings. The van der Waals surface area contributed by atoms with Crippen LogP contribution in [0, 0.1) is 23.2 Å². The average Bonchev–Trinajstić information content (AvgIpc) is 3.58. The van der Waals surface area contributed by atoms with Crippen molar-refractivity contribution in [2.24, 2.45) is 5.92 Å². The minimum atomic E-state index is -0.375. The highest BCUT2D eigenvalue weighted by atomic mass is 16.5. The Kier molecular flexibility index (Phi) is 5.91. The van der Waals surface area contributed by atoms with Crippen LogP contribution >= 0.6 is 0 Å². The molecule has 3 aromatic rings. The number of nitrogens with one attached hydrogen (secondary N) is 2. The number of hydrogen-bond acceptors (Lipinski definition) is 5. The smallest absolute Gasteiger partial charge is 0.195 e. The van der Waals surface area contributed by atoms with E-state index in [0.29, 0.717) is 12.0 Å². The van der Waals surface area contributed by atoms with Gasteiger partial charge in [-0.05, 0) is 42.2 Å². The minimum absolute atomic E-state index is 0.0680. The van der Waals surface area contributed by atoms with Gasteiger partial charge in [0, 0.05) is 71.5 Å². The first-order valence-electron chi connectivity index (χ1n) is 14.4. The molecular weight excluding hydrogens is 484 g/mol. The molecule has 39 heavy (non-hydrogen) atoms. The van der Waals surface area contributed by atoms with Gasteiger partial charge in [0.25, 0.3) is 0 Å². The number of carbonyl (C=O) groups excluding carboxylic acids is 1. The molecule has 2 aromatic carbocycles. The van der Waals surface area contributed by atoms with Crippen LogP contribution in [0.5, 0.6) is 0 Å². The maximum absolute atomic E-state index is 14.1. The van der Waals surface area contributed by atoms with Gasteiger partial charge in [0.1, 0.15) is 0 Å². The monoisotopic (exact) mass is 520 g/mol. The van der Waals surface area contributed by atoms with E-state index in [4.69, 9.17) is 10.1 Å². The lowest BCUT2D eigenvalue weighted by atomic mass is 9.70. The predicted molar refractivity (Wildman–Crippen MR) is 155 cm³/mol. The molecule has 3 heterocycles. The van der Waals surface area contributed by atoms with Crippen molar-refractivity contribution in [3.63, 3.8) is 0 Å². The number of aromatic nitrogens is 1. The number of nitrogens with zero attached hydrogens (tertiary/aromatic N) is 2. The Bertz CT molecular complexity index is 1540. The Hall–Kier alpha value is -3.40. The zero-order chi connectivity index (χ0) is 26.7. The first kappa shape index (κ1) is 24.6. The topological polar surface area (TPSA) is 72.4 Å². The van der Waals surface area contributed by atoms with E-state index < -0.39 is 0 Å². The summed E-state index contributed by atoms with van der Waals surface area (Å²) in [5.74, 6) is 7.67. The molecule has 200 valence electrons. The molecule has 2 aliphatic heterocycles. The van der Waals surface area contributed by atoms with Crippen LogP contribution in [-0.4, -0.2) is 67.3 Å². The summed E-state index contributed by atoms with van der Waals surface area (Å²) in [6.07, 6.45) is 6.23. The number of ketones is 1. The lowest BCUT2D eigenvalue weighted by Gasteiger charge is -2.43. The van der Waals surface area contributed by atoms with Gasteiger partial charge in [0.15, 0.2) is 5.78 Å². The number of fused-ring (bicyclic) bond motifs is 4. The van der Waals surface area contributed by atoms with Crippen molar-refractivity contribution >= 4 is 28.6 Å². The van der Waals surface area contributed by atoms with Crippen molar-refractivity contribution in [3.05, 3.63) is 63.8 Å². The van der Waals surface area contributed by atoms with E-state index >= 15 is 0 Å². The Balaban J connectivity index is 1.33. The van der Waals surface area contributed by atoms with Gasteiger partial charge >= 0.3 is 0 Å². The summed E-state index contributed by atoms with van der Waals surface area (Å²) in [7, 11) is 0. The van der Waals surface area contributed by atoms with Gasteiger partial charge in [-0.1, -0.05) is 50.7 Å². The molecule has 1 saturated carbocycles. The fraction of sp³-hybridized carbons (Fsp3) is 0.455. The van der Waals surface area contributed by atoms with Crippen LogP contribution < -0.4 is 4.90 Å². The van der Waals surface area contributed by atoms with Gasteiger partial charge in [-0.3, -0.25) is 9.69 Å². The van der Waals surface area contributed by atoms with E-state index in [1.165, 1.54) is 31.9 Å². The summed E-state index contributed by atoms with van der Waals surface area (Å²) in [4.78, 5) is 22.7. The van der Waals surface area contributed by atoms with E-state index in [1.807, 2.05) is 18.2 Å². The summed E-state index contributed by atoms with van der Waals surface area (Å²) in [6.45, 7) is 10.1. The summed E-state index contributed by atoms with van der Waals surface area (Å²) >= 11 is 0. The van der Waals surface area contributed by atoms with Crippen LogP contribution in [-0.2, 0) is 10.2 Å². The van der Waals surface area contributed by atoms with Crippen LogP contribution in [0.1, 0.15) is 77.8 Å². The van der Waals surface area contributed by atoms with Crippen molar-refractivity contribution in [2.45, 2.75) is 51.0 Å². The second-order valence-electron chi connectivity index (χ2n) is 12.2. The van der Waals surface area contributed by atoms with Gasteiger partial charge in [0.05, 0.1) is 30.5 Å². The minimum Gasteiger partial charge on any atom is -0.378 e. The number of ether oxygens (including phenoxy) is 1. The molecule has 6 nitrogen and oxygen atoms in total. The normalized spacial score (nSPS) is 21.3. The first-order chi connectivity index (χ1) is 18.9. The molecule has 0 spiro atoms. The third-order valence-electron chi connectivity index (χ3n) is 9.45. The number of hydrogen-bond donors (Lipinski definition) is 2. The number of aromatic amines is 1. The third kappa shape index (κ3) is 4.02. The summed E-state index contributed by atoms with van der Waals surface area (Å²) < 4.78 is 5.44. The molecule has 7 rings (SSSR count). The zero-order valence-corrected chi connectivity index (χ0v) is 22.9. The molecule has 4 aliphatic rings. The molecule has 0 radical (unpaired) electrons. The molecule has 0 amide bonds. The Labute approximate surface area is 230 Å². The highest BCUT2D eigenvalue weighted by molar-refractivity contribution is 6.20.